The van der Waals surface area contributed by atoms with Gasteiger partial charge >= 0.3 is 0 Å². The molecule has 0 aliphatic rings. The van der Waals surface area contributed by atoms with Crippen LogP contribution in [-0.2, 0) is 0 Å². The molecular weight excluding hydrogens is 232 g/mol. The van der Waals surface area contributed by atoms with Crippen molar-refractivity contribution in [2.75, 3.05) is 11.1 Å². The minimum Gasteiger partial charge on any atom is -0.379 e. The number of anilines is 2. The van der Waals surface area contributed by atoms with E-state index >= 15 is 0 Å². The minimum absolute atomic E-state index is 0.00931. The zero-order valence-electron chi connectivity index (χ0n) is 10.2. The molecule has 0 unspecified atom stereocenters. The maximum Gasteiger partial charge on any atom is 0.281 e. The SMILES string of the molecule is CC(C)c1cccc(NC(=O)c2nonc2N)c1. The van der Waals surface area contributed by atoms with Crippen LogP contribution in [0.15, 0.2) is 28.9 Å². The molecule has 6 heteroatoms. The number of nitrogens with two attached hydrogens (primary N) is 1. The molecule has 0 atom stereocenters. The van der Waals surface area contributed by atoms with Gasteiger partial charge in [-0.3, -0.25) is 4.79 Å². The number of hydrogen-bond acceptors (Lipinski definition) is 5. The van der Waals surface area contributed by atoms with Crippen LogP contribution < -0.4 is 11.1 Å². The molecule has 0 aliphatic heterocycles. The van der Waals surface area contributed by atoms with Crippen molar-refractivity contribution in [2.24, 2.45) is 0 Å². The van der Waals surface area contributed by atoms with Crippen LogP contribution in [-0.4, -0.2) is 16.2 Å². The number of amides is 1. The Morgan fingerprint density at radius 3 is 2.78 bits per heavy atom. The number of benzene rings is 1. The zero-order chi connectivity index (χ0) is 13.1. The zero-order valence-corrected chi connectivity index (χ0v) is 10.2. The van der Waals surface area contributed by atoms with Crippen LogP contribution in [0.5, 0.6) is 0 Å². The molecular formula is C12H14N4O2. The van der Waals surface area contributed by atoms with Crippen molar-refractivity contribution in [3.05, 3.63) is 35.5 Å². The minimum atomic E-state index is -0.436. The van der Waals surface area contributed by atoms with E-state index in [1.807, 2.05) is 18.2 Å². The van der Waals surface area contributed by atoms with Crippen molar-refractivity contribution in [2.45, 2.75) is 19.8 Å². The second-order valence-electron chi connectivity index (χ2n) is 4.23. The summed E-state index contributed by atoms with van der Waals surface area (Å²) >= 11 is 0. The Bertz CT molecular complexity index is 563. The lowest BCUT2D eigenvalue weighted by molar-refractivity contribution is 0.101. The standard InChI is InChI=1S/C12H14N4O2/c1-7(2)8-4-3-5-9(6-8)14-12(17)10-11(13)16-18-15-10/h3-7H,1-2H3,(H2,13,16)(H,14,17). The van der Waals surface area contributed by atoms with Crippen LogP contribution in [0.1, 0.15) is 35.8 Å². The molecule has 0 spiro atoms. The van der Waals surface area contributed by atoms with Gasteiger partial charge in [-0.15, -0.1) is 0 Å². The average molecular weight is 246 g/mol. The van der Waals surface area contributed by atoms with Gasteiger partial charge in [0.15, 0.2) is 0 Å². The number of nitrogen functional groups attached to an aromatic ring is 1. The summed E-state index contributed by atoms with van der Waals surface area (Å²) in [6.45, 7) is 4.17. The van der Waals surface area contributed by atoms with Crippen molar-refractivity contribution in [3.8, 4) is 0 Å². The lowest BCUT2D eigenvalue weighted by atomic mass is 10.0. The first-order chi connectivity index (χ1) is 8.58. The summed E-state index contributed by atoms with van der Waals surface area (Å²) in [5.41, 5.74) is 7.26. The number of carbonyl (C=O) groups is 1. The number of rotatable bonds is 3. The first-order valence-corrected chi connectivity index (χ1v) is 5.57. The Balaban J connectivity index is 2.17. The van der Waals surface area contributed by atoms with Gasteiger partial charge in [-0.05, 0) is 33.9 Å². The fourth-order valence-electron chi connectivity index (χ4n) is 1.52. The van der Waals surface area contributed by atoms with Crippen molar-refractivity contribution >= 4 is 17.4 Å². The molecule has 1 amide bonds. The Hall–Kier alpha value is -2.37. The van der Waals surface area contributed by atoms with E-state index in [-0.39, 0.29) is 11.5 Å². The molecule has 6 nitrogen and oxygen atoms in total. The molecule has 1 aromatic heterocycles. The highest BCUT2D eigenvalue weighted by molar-refractivity contribution is 6.05. The predicted molar refractivity (Wildman–Crippen MR) is 67.2 cm³/mol. The predicted octanol–water partition coefficient (Wildman–Crippen LogP) is 2.03. The summed E-state index contributed by atoms with van der Waals surface area (Å²) in [5.74, 6) is -0.0668. The number of nitrogens with one attached hydrogen (secondary N) is 1. The van der Waals surface area contributed by atoms with Gasteiger partial charge < -0.3 is 11.1 Å². The topological polar surface area (TPSA) is 94.0 Å². The molecule has 0 fully saturated rings. The van der Waals surface area contributed by atoms with Crippen LogP contribution in [0.3, 0.4) is 0 Å². The van der Waals surface area contributed by atoms with Crippen LogP contribution in [0.4, 0.5) is 11.5 Å². The first-order valence-electron chi connectivity index (χ1n) is 5.57. The molecule has 0 radical (unpaired) electrons. The Morgan fingerprint density at radius 2 is 2.17 bits per heavy atom. The van der Waals surface area contributed by atoms with E-state index in [9.17, 15) is 4.79 Å². The Labute approximate surface area is 104 Å². The number of aromatic nitrogens is 2. The van der Waals surface area contributed by atoms with Gasteiger partial charge in [0, 0.05) is 5.69 Å². The molecule has 0 aliphatic carbocycles. The maximum absolute atomic E-state index is 11.8. The number of carbonyl (C=O) groups excluding carboxylic acids is 1. The highest BCUT2D eigenvalue weighted by Gasteiger charge is 2.16. The van der Waals surface area contributed by atoms with Gasteiger partial charge in [0.1, 0.15) is 0 Å². The van der Waals surface area contributed by atoms with Gasteiger partial charge in [-0.1, -0.05) is 26.0 Å². The molecule has 1 heterocycles. The monoisotopic (exact) mass is 246 g/mol. The van der Waals surface area contributed by atoms with Crippen LogP contribution in [0, 0.1) is 0 Å². The molecule has 2 aromatic rings. The largest absolute Gasteiger partial charge is 0.379 e. The van der Waals surface area contributed by atoms with E-state index in [1.54, 1.807) is 6.07 Å². The summed E-state index contributed by atoms with van der Waals surface area (Å²) < 4.78 is 4.38. The quantitative estimate of drug-likeness (QED) is 0.864. The summed E-state index contributed by atoms with van der Waals surface area (Å²) in [6, 6.07) is 7.60. The van der Waals surface area contributed by atoms with Gasteiger partial charge in [-0.2, -0.15) is 0 Å². The summed E-state index contributed by atoms with van der Waals surface area (Å²) in [5, 5.41) is 9.50. The van der Waals surface area contributed by atoms with Crippen LogP contribution in [0.25, 0.3) is 0 Å². The summed E-state index contributed by atoms with van der Waals surface area (Å²) in [6.07, 6.45) is 0. The van der Waals surface area contributed by atoms with Gasteiger partial charge in [0.25, 0.3) is 5.91 Å². The lowest BCUT2D eigenvalue weighted by Gasteiger charge is -2.08. The van der Waals surface area contributed by atoms with E-state index < -0.39 is 5.91 Å². The molecule has 18 heavy (non-hydrogen) atoms. The number of nitrogens with zero attached hydrogens (tertiary/aromatic N) is 2. The van der Waals surface area contributed by atoms with Crippen molar-refractivity contribution in [1.82, 2.24) is 10.3 Å². The fraction of sp³-hybridized carbons (Fsp3) is 0.250. The van der Waals surface area contributed by atoms with E-state index in [0.29, 0.717) is 11.6 Å². The van der Waals surface area contributed by atoms with E-state index in [2.05, 4.69) is 34.1 Å². The van der Waals surface area contributed by atoms with E-state index in [1.165, 1.54) is 0 Å². The molecule has 3 N–H and O–H groups in total. The third kappa shape index (κ3) is 2.48. The highest BCUT2D eigenvalue weighted by atomic mass is 16.6. The third-order valence-electron chi connectivity index (χ3n) is 2.54. The normalized spacial score (nSPS) is 10.6. The van der Waals surface area contributed by atoms with Gasteiger partial charge in [-0.25, -0.2) is 4.63 Å². The highest BCUT2D eigenvalue weighted by Crippen LogP contribution is 2.19. The molecule has 2 rings (SSSR count). The fourth-order valence-corrected chi connectivity index (χ4v) is 1.52. The lowest BCUT2D eigenvalue weighted by Crippen LogP contribution is -2.14. The van der Waals surface area contributed by atoms with Crippen LogP contribution in [0.2, 0.25) is 0 Å². The first kappa shape index (κ1) is 12.1. The smallest absolute Gasteiger partial charge is 0.281 e. The van der Waals surface area contributed by atoms with E-state index in [0.717, 1.165) is 5.56 Å². The van der Waals surface area contributed by atoms with Crippen molar-refractivity contribution in [1.29, 1.82) is 0 Å². The Kier molecular flexibility index (Phi) is 3.27. The maximum atomic E-state index is 11.8. The molecule has 0 saturated carbocycles. The molecule has 0 bridgehead atoms. The van der Waals surface area contributed by atoms with Crippen LogP contribution >= 0.6 is 0 Å². The number of hydrogen-bond donors (Lipinski definition) is 2. The van der Waals surface area contributed by atoms with E-state index in [4.69, 9.17) is 5.73 Å². The second-order valence-corrected chi connectivity index (χ2v) is 4.23. The molecule has 1 aromatic carbocycles. The average Bonchev–Trinajstić information content (AvgIpc) is 2.76. The van der Waals surface area contributed by atoms with Gasteiger partial charge in [0.2, 0.25) is 11.5 Å². The third-order valence-corrected chi connectivity index (χ3v) is 2.54. The van der Waals surface area contributed by atoms with Crippen molar-refractivity contribution < 1.29 is 9.42 Å². The summed E-state index contributed by atoms with van der Waals surface area (Å²) in [4.78, 5) is 11.8. The summed E-state index contributed by atoms with van der Waals surface area (Å²) in [7, 11) is 0. The molecule has 94 valence electrons. The second kappa shape index (κ2) is 4.87. The Morgan fingerprint density at radius 1 is 1.39 bits per heavy atom. The molecule has 0 saturated heterocycles. The van der Waals surface area contributed by atoms with Crippen molar-refractivity contribution in [3.63, 3.8) is 0 Å². The van der Waals surface area contributed by atoms with Gasteiger partial charge in [0.05, 0.1) is 0 Å².